The van der Waals surface area contributed by atoms with Crippen molar-refractivity contribution in [1.82, 2.24) is 0 Å². The summed E-state index contributed by atoms with van der Waals surface area (Å²) in [4.78, 5) is 2.23. The second-order valence-corrected chi connectivity index (χ2v) is 8.89. The first-order valence-corrected chi connectivity index (χ1v) is 11.3. The molecule has 29 heavy (non-hydrogen) atoms. The molecule has 0 aliphatic heterocycles. The fourth-order valence-corrected chi connectivity index (χ4v) is 3.90. The Morgan fingerprint density at radius 1 is 0.828 bits per heavy atom. The minimum absolute atomic E-state index is 0.0202. The van der Waals surface area contributed by atoms with Crippen molar-refractivity contribution < 1.29 is 13.5 Å². The number of hydrogen-bond donors (Lipinski definition) is 2. The van der Waals surface area contributed by atoms with Gasteiger partial charge in [-0.1, -0.05) is 60.7 Å². The van der Waals surface area contributed by atoms with Gasteiger partial charge in [-0.15, -0.1) is 0 Å². The van der Waals surface area contributed by atoms with E-state index in [1.165, 1.54) is 5.56 Å². The zero-order valence-corrected chi connectivity index (χ0v) is 17.5. The van der Waals surface area contributed by atoms with Crippen LogP contribution in [0.15, 0.2) is 72.8 Å². The van der Waals surface area contributed by atoms with Crippen molar-refractivity contribution in [3.8, 4) is 0 Å². The van der Waals surface area contributed by atoms with Crippen molar-refractivity contribution in [2.75, 3.05) is 15.9 Å². The lowest BCUT2D eigenvalue weighted by atomic mass is 10.1. The number of aliphatic hydroxyl groups is 1. The van der Waals surface area contributed by atoms with Crippen LogP contribution in [0.1, 0.15) is 22.3 Å². The van der Waals surface area contributed by atoms with Gasteiger partial charge in [0.05, 0.1) is 18.6 Å². The molecule has 0 spiro atoms. The SMILES string of the molecule is Cc1c(NS(C)(=O)=O)cccc1N(Cc1ccccc1)Cc1ccc(CO)cc1. The van der Waals surface area contributed by atoms with E-state index in [4.69, 9.17) is 0 Å². The molecular formula is C23H26N2O3S. The van der Waals surface area contributed by atoms with Gasteiger partial charge in [0, 0.05) is 18.8 Å². The molecule has 0 heterocycles. The van der Waals surface area contributed by atoms with Gasteiger partial charge in [-0.3, -0.25) is 4.72 Å². The van der Waals surface area contributed by atoms with E-state index in [-0.39, 0.29) is 6.61 Å². The molecule has 3 aromatic rings. The van der Waals surface area contributed by atoms with Gasteiger partial charge in [0.15, 0.2) is 0 Å². The van der Waals surface area contributed by atoms with Gasteiger partial charge >= 0.3 is 0 Å². The molecule has 0 aliphatic rings. The molecule has 0 saturated heterocycles. The van der Waals surface area contributed by atoms with Gasteiger partial charge in [-0.05, 0) is 41.3 Å². The van der Waals surface area contributed by atoms with E-state index < -0.39 is 10.0 Å². The Hall–Kier alpha value is -2.83. The van der Waals surface area contributed by atoms with Gasteiger partial charge in [0.25, 0.3) is 0 Å². The standard InChI is InChI=1S/C23H26N2O3S/c1-18-22(24-29(2,27)28)9-6-10-23(18)25(15-19-7-4-3-5-8-19)16-20-11-13-21(17-26)14-12-20/h3-14,24,26H,15-17H2,1-2H3. The van der Waals surface area contributed by atoms with Crippen LogP contribution in [0.4, 0.5) is 11.4 Å². The Kier molecular flexibility index (Phi) is 6.56. The summed E-state index contributed by atoms with van der Waals surface area (Å²) in [5.74, 6) is 0. The molecule has 0 amide bonds. The highest BCUT2D eigenvalue weighted by Crippen LogP contribution is 2.30. The number of rotatable bonds is 8. The highest BCUT2D eigenvalue weighted by atomic mass is 32.2. The Bertz CT molecular complexity index is 1050. The molecule has 0 atom stereocenters. The van der Waals surface area contributed by atoms with Crippen molar-refractivity contribution >= 4 is 21.4 Å². The summed E-state index contributed by atoms with van der Waals surface area (Å²) in [5.41, 5.74) is 5.58. The van der Waals surface area contributed by atoms with E-state index in [0.29, 0.717) is 18.8 Å². The predicted molar refractivity (Wildman–Crippen MR) is 118 cm³/mol. The number of benzene rings is 3. The average Bonchev–Trinajstić information content (AvgIpc) is 2.69. The van der Waals surface area contributed by atoms with Gasteiger partial charge in [-0.25, -0.2) is 8.42 Å². The van der Waals surface area contributed by atoms with E-state index in [2.05, 4.69) is 21.8 Å². The number of anilines is 2. The van der Waals surface area contributed by atoms with E-state index in [1.54, 1.807) is 6.07 Å². The average molecular weight is 411 g/mol. The maximum Gasteiger partial charge on any atom is 0.229 e. The predicted octanol–water partition coefficient (Wildman–Crippen LogP) is 4.07. The van der Waals surface area contributed by atoms with Crippen molar-refractivity contribution in [1.29, 1.82) is 0 Å². The van der Waals surface area contributed by atoms with Crippen LogP contribution in [0.2, 0.25) is 0 Å². The molecule has 6 heteroatoms. The Morgan fingerprint density at radius 2 is 1.41 bits per heavy atom. The van der Waals surface area contributed by atoms with Crippen LogP contribution in [-0.4, -0.2) is 19.8 Å². The van der Waals surface area contributed by atoms with Crippen molar-refractivity contribution in [2.24, 2.45) is 0 Å². The molecule has 3 rings (SSSR count). The molecule has 5 nitrogen and oxygen atoms in total. The fraction of sp³-hybridized carbons (Fsp3) is 0.217. The lowest BCUT2D eigenvalue weighted by Crippen LogP contribution is -2.23. The van der Waals surface area contributed by atoms with Crippen LogP contribution in [0.25, 0.3) is 0 Å². The molecule has 3 aromatic carbocycles. The summed E-state index contributed by atoms with van der Waals surface area (Å²) in [5, 5.41) is 9.28. The lowest BCUT2D eigenvalue weighted by molar-refractivity contribution is 0.282. The van der Waals surface area contributed by atoms with E-state index >= 15 is 0 Å². The molecule has 0 aromatic heterocycles. The molecule has 0 aliphatic carbocycles. The van der Waals surface area contributed by atoms with Gasteiger partial charge < -0.3 is 10.0 Å². The second kappa shape index (κ2) is 9.11. The quantitative estimate of drug-likeness (QED) is 0.587. The van der Waals surface area contributed by atoms with Gasteiger partial charge in [0.2, 0.25) is 10.0 Å². The van der Waals surface area contributed by atoms with Crippen LogP contribution in [0, 0.1) is 6.92 Å². The molecule has 0 radical (unpaired) electrons. The Labute approximate surface area is 172 Å². The fourth-order valence-electron chi connectivity index (χ4n) is 3.28. The van der Waals surface area contributed by atoms with Crippen LogP contribution in [0.5, 0.6) is 0 Å². The normalized spacial score (nSPS) is 11.3. The molecule has 2 N–H and O–H groups in total. The van der Waals surface area contributed by atoms with Crippen LogP contribution >= 0.6 is 0 Å². The molecular weight excluding hydrogens is 384 g/mol. The molecule has 0 unspecified atom stereocenters. The zero-order valence-electron chi connectivity index (χ0n) is 16.7. The summed E-state index contributed by atoms with van der Waals surface area (Å²) >= 11 is 0. The maximum absolute atomic E-state index is 11.7. The maximum atomic E-state index is 11.7. The third-order valence-electron chi connectivity index (χ3n) is 4.74. The van der Waals surface area contributed by atoms with Crippen LogP contribution < -0.4 is 9.62 Å². The van der Waals surface area contributed by atoms with Crippen LogP contribution in [0.3, 0.4) is 0 Å². The first kappa shape index (κ1) is 20.9. The summed E-state index contributed by atoms with van der Waals surface area (Å²) in [6.45, 7) is 3.29. The number of hydrogen-bond acceptors (Lipinski definition) is 4. The van der Waals surface area contributed by atoms with Crippen molar-refractivity contribution in [3.05, 3.63) is 95.1 Å². The Morgan fingerprint density at radius 3 is 2.00 bits per heavy atom. The summed E-state index contributed by atoms with van der Waals surface area (Å²) in [6, 6.07) is 23.7. The van der Waals surface area contributed by atoms with Crippen molar-refractivity contribution in [3.63, 3.8) is 0 Å². The molecule has 0 bridgehead atoms. The van der Waals surface area contributed by atoms with Crippen LogP contribution in [-0.2, 0) is 29.7 Å². The lowest BCUT2D eigenvalue weighted by Gasteiger charge is -2.28. The topological polar surface area (TPSA) is 69.6 Å². The summed E-state index contributed by atoms with van der Waals surface area (Å²) in [6.07, 6.45) is 1.16. The third-order valence-corrected chi connectivity index (χ3v) is 5.33. The minimum atomic E-state index is -3.36. The number of sulfonamides is 1. The first-order chi connectivity index (χ1) is 13.9. The minimum Gasteiger partial charge on any atom is -0.392 e. The highest BCUT2D eigenvalue weighted by Gasteiger charge is 2.15. The van der Waals surface area contributed by atoms with E-state index in [9.17, 15) is 13.5 Å². The van der Waals surface area contributed by atoms with Crippen molar-refractivity contribution in [2.45, 2.75) is 26.6 Å². The van der Waals surface area contributed by atoms with Gasteiger partial charge in [-0.2, -0.15) is 0 Å². The number of nitrogens with one attached hydrogen (secondary N) is 1. The monoisotopic (exact) mass is 410 g/mol. The van der Waals surface area contributed by atoms with E-state index in [0.717, 1.165) is 28.6 Å². The largest absolute Gasteiger partial charge is 0.392 e. The molecule has 152 valence electrons. The molecule has 0 saturated carbocycles. The Balaban J connectivity index is 1.96. The summed E-state index contributed by atoms with van der Waals surface area (Å²) in [7, 11) is -3.36. The zero-order chi connectivity index (χ0) is 20.9. The van der Waals surface area contributed by atoms with E-state index in [1.807, 2.05) is 61.5 Å². The number of nitrogens with zero attached hydrogens (tertiary/aromatic N) is 1. The first-order valence-electron chi connectivity index (χ1n) is 9.40. The summed E-state index contributed by atoms with van der Waals surface area (Å²) < 4.78 is 26.1. The van der Waals surface area contributed by atoms with Gasteiger partial charge in [0.1, 0.15) is 0 Å². The second-order valence-electron chi connectivity index (χ2n) is 7.14. The molecule has 0 fully saturated rings. The third kappa shape index (κ3) is 5.82. The smallest absolute Gasteiger partial charge is 0.229 e. The number of aliphatic hydroxyl groups excluding tert-OH is 1. The highest BCUT2D eigenvalue weighted by molar-refractivity contribution is 7.92.